The number of carbonyl (C=O) groups is 1. The summed E-state index contributed by atoms with van der Waals surface area (Å²) < 4.78 is 5.91. The highest BCUT2D eigenvalue weighted by Gasteiger charge is 2.51. The zero-order valence-electron chi connectivity index (χ0n) is 17.9. The van der Waals surface area contributed by atoms with Gasteiger partial charge in [-0.3, -0.25) is 9.69 Å². The van der Waals surface area contributed by atoms with Crippen molar-refractivity contribution in [3.05, 3.63) is 64.2 Å². The molecule has 0 spiro atoms. The highest BCUT2D eigenvalue weighted by molar-refractivity contribution is 6.30. The van der Waals surface area contributed by atoms with Crippen molar-refractivity contribution in [1.29, 1.82) is 0 Å². The number of ether oxygens (including phenoxy) is 1. The van der Waals surface area contributed by atoms with Crippen LogP contribution in [0.3, 0.4) is 0 Å². The van der Waals surface area contributed by atoms with Crippen LogP contribution in [0.4, 0.5) is 0 Å². The van der Waals surface area contributed by atoms with Crippen molar-refractivity contribution in [2.45, 2.75) is 45.6 Å². The number of benzene rings is 1. The molecule has 0 amide bonds. The second kappa shape index (κ2) is 7.69. The molecule has 1 aromatic rings. The van der Waals surface area contributed by atoms with Crippen LogP contribution in [0.5, 0.6) is 0 Å². The number of hydrogen-bond donors (Lipinski definition) is 0. The van der Waals surface area contributed by atoms with Gasteiger partial charge in [0, 0.05) is 30.6 Å². The first-order chi connectivity index (χ1) is 14.4. The third kappa shape index (κ3) is 3.56. The molecule has 1 fully saturated rings. The van der Waals surface area contributed by atoms with Crippen LogP contribution in [0.15, 0.2) is 53.6 Å². The Morgan fingerprint density at radius 3 is 2.77 bits per heavy atom. The van der Waals surface area contributed by atoms with Crippen LogP contribution in [-0.4, -0.2) is 36.6 Å². The lowest BCUT2D eigenvalue weighted by Gasteiger charge is -2.43. The Balaban J connectivity index is 1.31. The number of esters is 1. The van der Waals surface area contributed by atoms with Crippen molar-refractivity contribution >= 4 is 23.1 Å². The molecule has 0 radical (unpaired) electrons. The minimum Gasteiger partial charge on any atom is -0.461 e. The normalized spacial score (nSPS) is 33.8. The maximum absolute atomic E-state index is 12.8. The predicted molar refractivity (Wildman–Crippen MR) is 121 cm³/mol. The van der Waals surface area contributed by atoms with Crippen molar-refractivity contribution in [2.24, 2.45) is 17.3 Å². The van der Waals surface area contributed by atoms with Crippen LogP contribution >= 0.6 is 11.6 Å². The zero-order chi connectivity index (χ0) is 20.9. The van der Waals surface area contributed by atoms with Crippen molar-refractivity contribution < 1.29 is 9.53 Å². The summed E-state index contributed by atoms with van der Waals surface area (Å²) in [6, 6.07) is 8.08. The topological polar surface area (TPSA) is 29.5 Å². The van der Waals surface area contributed by atoms with Crippen molar-refractivity contribution in [2.75, 3.05) is 19.6 Å². The molecule has 0 aromatic heterocycles. The Hall–Kier alpha value is -1.84. The highest BCUT2D eigenvalue weighted by Crippen LogP contribution is 2.52. The van der Waals surface area contributed by atoms with Gasteiger partial charge in [0.25, 0.3) is 0 Å². The number of hydrogen-bond acceptors (Lipinski definition) is 3. The van der Waals surface area contributed by atoms with Gasteiger partial charge in [0.15, 0.2) is 0 Å². The first kappa shape index (κ1) is 20.1. The summed E-state index contributed by atoms with van der Waals surface area (Å²) in [5.41, 5.74) is 5.63. The van der Waals surface area contributed by atoms with Gasteiger partial charge >= 0.3 is 5.97 Å². The summed E-state index contributed by atoms with van der Waals surface area (Å²) in [6.45, 7) is 7.22. The molecule has 1 saturated heterocycles. The minimum absolute atomic E-state index is 0.00166. The third-order valence-corrected chi connectivity index (χ3v) is 7.91. The second-order valence-corrected chi connectivity index (χ2v) is 10.1. The van der Waals surface area contributed by atoms with Gasteiger partial charge in [0.05, 0.1) is 5.92 Å². The lowest BCUT2D eigenvalue weighted by atomic mass is 9.62. The minimum atomic E-state index is -0.0488. The van der Waals surface area contributed by atoms with Gasteiger partial charge < -0.3 is 4.74 Å². The van der Waals surface area contributed by atoms with Crippen LogP contribution in [0, 0.1) is 17.3 Å². The Morgan fingerprint density at radius 2 is 2.03 bits per heavy atom. The van der Waals surface area contributed by atoms with Crippen molar-refractivity contribution in [3.8, 4) is 0 Å². The van der Waals surface area contributed by atoms with Crippen LogP contribution in [-0.2, 0) is 9.53 Å². The van der Waals surface area contributed by atoms with Gasteiger partial charge in [-0.2, -0.15) is 0 Å². The summed E-state index contributed by atoms with van der Waals surface area (Å²) in [6.07, 6.45) is 11.4. The van der Waals surface area contributed by atoms with E-state index in [2.05, 4.69) is 49.1 Å². The van der Waals surface area contributed by atoms with Gasteiger partial charge in [-0.1, -0.05) is 54.5 Å². The molecule has 1 aromatic carbocycles. The fourth-order valence-corrected chi connectivity index (χ4v) is 6.05. The molecule has 1 unspecified atom stereocenters. The average Bonchev–Trinajstić information content (AvgIpc) is 3.01. The van der Waals surface area contributed by atoms with Crippen LogP contribution in [0.1, 0.15) is 45.1 Å². The summed E-state index contributed by atoms with van der Waals surface area (Å²) in [5, 5.41) is 0.770. The van der Waals surface area contributed by atoms with Crippen LogP contribution in [0.25, 0.3) is 5.57 Å². The lowest BCUT2D eigenvalue weighted by Crippen LogP contribution is -2.40. The maximum atomic E-state index is 12.8. The average molecular weight is 424 g/mol. The summed E-state index contributed by atoms with van der Waals surface area (Å²) in [7, 11) is 0. The lowest BCUT2D eigenvalue weighted by molar-refractivity contribution is -0.145. The van der Waals surface area contributed by atoms with E-state index in [1.807, 2.05) is 12.1 Å². The van der Waals surface area contributed by atoms with Gasteiger partial charge in [0.1, 0.15) is 6.10 Å². The molecule has 4 heteroatoms. The molecular weight excluding hydrogens is 394 g/mol. The second-order valence-electron chi connectivity index (χ2n) is 9.68. The van der Waals surface area contributed by atoms with E-state index in [0.717, 1.165) is 50.3 Å². The molecule has 0 N–H and O–H groups in total. The zero-order valence-corrected chi connectivity index (χ0v) is 18.6. The highest BCUT2D eigenvalue weighted by atomic mass is 35.5. The predicted octanol–water partition coefficient (Wildman–Crippen LogP) is 5.66. The van der Waals surface area contributed by atoms with Crippen LogP contribution in [0.2, 0.25) is 5.02 Å². The van der Waals surface area contributed by atoms with Crippen LogP contribution < -0.4 is 0 Å². The van der Waals surface area contributed by atoms with Gasteiger partial charge in [-0.05, 0) is 66.9 Å². The molecule has 5 rings (SSSR count). The number of allylic oxidation sites excluding steroid dienone is 3. The number of fused-ring (bicyclic) bond motifs is 2. The molecule has 2 aliphatic heterocycles. The Morgan fingerprint density at radius 1 is 1.23 bits per heavy atom. The maximum Gasteiger partial charge on any atom is 0.311 e. The standard InChI is InChI=1S/C26H30ClNO2/c1-17-4-3-11-26(2)15-24-21(14-23(17)26)22(25(29)30-24)16-28-12-9-19(10-13-28)18-5-7-20(27)8-6-18/h4-9,14,21-22,24H,3,10-13,15-16H2,1-2H3/t21-,22?,24-,26-/m1/s1. The number of rotatable bonds is 3. The first-order valence-corrected chi connectivity index (χ1v) is 11.6. The molecular formula is C26H30ClNO2. The molecule has 3 nitrogen and oxygen atoms in total. The van der Waals surface area contributed by atoms with E-state index in [4.69, 9.17) is 16.3 Å². The molecule has 2 aliphatic carbocycles. The Kier molecular flexibility index (Phi) is 5.15. The van der Waals surface area contributed by atoms with E-state index in [1.54, 1.807) is 0 Å². The molecule has 4 atom stereocenters. The quantitative estimate of drug-likeness (QED) is 0.587. The van der Waals surface area contributed by atoms with E-state index < -0.39 is 0 Å². The molecule has 0 saturated carbocycles. The molecule has 2 heterocycles. The fourth-order valence-electron chi connectivity index (χ4n) is 5.92. The van der Waals surface area contributed by atoms with Gasteiger partial charge in [0.2, 0.25) is 0 Å². The van der Waals surface area contributed by atoms with E-state index in [1.165, 1.54) is 22.3 Å². The summed E-state index contributed by atoms with van der Waals surface area (Å²) >= 11 is 6.02. The number of halogens is 1. The molecule has 0 bridgehead atoms. The largest absolute Gasteiger partial charge is 0.461 e. The Labute approximate surface area is 184 Å². The summed E-state index contributed by atoms with van der Waals surface area (Å²) in [4.78, 5) is 15.2. The number of carbonyl (C=O) groups excluding carboxylic acids is 1. The van der Waals surface area contributed by atoms with E-state index in [9.17, 15) is 4.79 Å². The first-order valence-electron chi connectivity index (χ1n) is 11.2. The third-order valence-electron chi connectivity index (χ3n) is 7.66. The summed E-state index contributed by atoms with van der Waals surface area (Å²) in [5.74, 6) is 0.161. The van der Waals surface area contributed by atoms with Crippen molar-refractivity contribution in [3.63, 3.8) is 0 Å². The van der Waals surface area contributed by atoms with E-state index >= 15 is 0 Å². The van der Waals surface area contributed by atoms with Gasteiger partial charge in [-0.25, -0.2) is 0 Å². The molecule has 4 aliphatic rings. The van der Waals surface area contributed by atoms with E-state index in [0.29, 0.717) is 0 Å². The SMILES string of the molecule is CC1=CCC[C@]2(C)C[C@H]3OC(=O)C(CN4CC=C(c5ccc(Cl)cc5)CC4)[C@H]3C=C12. The Bertz CT molecular complexity index is 944. The van der Waals surface area contributed by atoms with Gasteiger partial charge in [-0.15, -0.1) is 0 Å². The molecule has 158 valence electrons. The monoisotopic (exact) mass is 423 g/mol. The fraction of sp³-hybridized carbons (Fsp3) is 0.500. The molecule has 30 heavy (non-hydrogen) atoms. The van der Waals surface area contributed by atoms with Crippen molar-refractivity contribution in [1.82, 2.24) is 4.90 Å². The number of nitrogens with zero attached hydrogens (tertiary/aromatic N) is 1. The smallest absolute Gasteiger partial charge is 0.311 e. The van der Waals surface area contributed by atoms with E-state index in [-0.39, 0.29) is 29.3 Å².